The van der Waals surface area contributed by atoms with E-state index in [1.54, 1.807) is 6.07 Å². The summed E-state index contributed by atoms with van der Waals surface area (Å²) in [6, 6.07) is 12.3. The second kappa shape index (κ2) is 6.78. The molecule has 108 valence electrons. The van der Waals surface area contributed by atoms with Crippen LogP contribution in [0, 0.1) is 0 Å². The molecule has 2 rings (SSSR count). The molecule has 0 aromatic heterocycles. The highest BCUT2D eigenvalue weighted by Crippen LogP contribution is 2.30. The van der Waals surface area contributed by atoms with Crippen molar-refractivity contribution in [3.8, 4) is 0 Å². The molecule has 2 aromatic rings. The van der Waals surface area contributed by atoms with Gasteiger partial charge in [0.25, 0.3) is 0 Å². The van der Waals surface area contributed by atoms with E-state index in [0.29, 0.717) is 0 Å². The van der Waals surface area contributed by atoms with Crippen molar-refractivity contribution in [1.29, 1.82) is 0 Å². The lowest BCUT2D eigenvalue weighted by atomic mass is 10.1. The quantitative estimate of drug-likeness (QED) is 0.825. The van der Waals surface area contributed by atoms with Crippen LogP contribution in [0.5, 0.6) is 0 Å². The van der Waals surface area contributed by atoms with Gasteiger partial charge in [-0.2, -0.15) is 0 Å². The molecule has 0 amide bonds. The number of carbonyl (C=O) groups excluding carboxylic acids is 1. The van der Waals surface area contributed by atoms with Crippen LogP contribution in [-0.4, -0.2) is 24.2 Å². The van der Waals surface area contributed by atoms with Crippen LogP contribution >= 0.6 is 27.7 Å². The lowest BCUT2D eigenvalue weighted by molar-refractivity contribution is 0.0582. The van der Waals surface area contributed by atoms with Gasteiger partial charge in [-0.1, -0.05) is 27.7 Å². The van der Waals surface area contributed by atoms with Gasteiger partial charge in [0, 0.05) is 14.3 Å². The topological polar surface area (TPSA) is 63.6 Å². The van der Waals surface area contributed by atoms with Crippen molar-refractivity contribution in [3.63, 3.8) is 0 Å². The number of carboxylic acids is 1. The predicted molar refractivity (Wildman–Crippen MR) is 83.0 cm³/mol. The summed E-state index contributed by atoms with van der Waals surface area (Å²) >= 11 is 4.78. The van der Waals surface area contributed by atoms with Crippen LogP contribution in [0.4, 0.5) is 0 Å². The zero-order valence-corrected chi connectivity index (χ0v) is 13.4. The zero-order chi connectivity index (χ0) is 15.4. The first-order valence-corrected chi connectivity index (χ1v) is 7.51. The third kappa shape index (κ3) is 3.86. The van der Waals surface area contributed by atoms with Gasteiger partial charge in [-0.05, 0) is 42.5 Å². The Hall–Kier alpha value is -1.79. The predicted octanol–water partition coefficient (Wildman–Crippen LogP) is 4.09. The number of halogens is 1. The van der Waals surface area contributed by atoms with E-state index in [1.807, 2.05) is 24.3 Å². The summed E-state index contributed by atoms with van der Waals surface area (Å²) in [6.07, 6.45) is 0. The Balaban J connectivity index is 2.33. The van der Waals surface area contributed by atoms with Crippen molar-refractivity contribution in [2.45, 2.75) is 9.79 Å². The largest absolute Gasteiger partial charge is 0.478 e. The molecule has 2 aromatic carbocycles. The van der Waals surface area contributed by atoms with E-state index in [4.69, 9.17) is 0 Å². The fraction of sp³-hybridized carbons (Fsp3) is 0.0667. The number of hydrogen-bond donors (Lipinski definition) is 1. The lowest BCUT2D eigenvalue weighted by Crippen LogP contribution is -2.10. The van der Waals surface area contributed by atoms with Crippen molar-refractivity contribution >= 4 is 39.6 Å². The van der Waals surface area contributed by atoms with Gasteiger partial charge < -0.3 is 9.84 Å². The molecule has 0 fully saturated rings. The number of methoxy groups -OCH3 is 1. The molecule has 0 unspecified atom stereocenters. The standard InChI is InChI=1S/C15H11BrO4S/c1-20-15(19)12-7-6-11(8-13(12)14(17)18)21-10-4-2-9(16)3-5-10/h2-8H,1H3,(H,17,18). The summed E-state index contributed by atoms with van der Waals surface area (Å²) < 4.78 is 5.56. The SMILES string of the molecule is COC(=O)c1ccc(Sc2ccc(Br)cc2)cc1C(=O)O. The van der Waals surface area contributed by atoms with Gasteiger partial charge in [-0.15, -0.1) is 0 Å². The van der Waals surface area contributed by atoms with Crippen LogP contribution in [0.3, 0.4) is 0 Å². The van der Waals surface area contributed by atoms with Gasteiger partial charge in [0.2, 0.25) is 0 Å². The minimum absolute atomic E-state index is 0.0464. The number of carboxylic acid groups (broad SMARTS) is 1. The van der Waals surface area contributed by atoms with Gasteiger partial charge in [0.15, 0.2) is 0 Å². The number of hydrogen-bond acceptors (Lipinski definition) is 4. The average Bonchev–Trinajstić information content (AvgIpc) is 2.48. The van der Waals surface area contributed by atoms with E-state index in [-0.39, 0.29) is 11.1 Å². The van der Waals surface area contributed by atoms with Crippen molar-refractivity contribution in [3.05, 3.63) is 58.1 Å². The van der Waals surface area contributed by atoms with Crippen LogP contribution in [0.2, 0.25) is 0 Å². The average molecular weight is 367 g/mol. The summed E-state index contributed by atoms with van der Waals surface area (Å²) in [6.45, 7) is 0. The Morgan fingerprint density at radius 3 is 2.24 bits per heavy atom. The van der Waals surface area contributed by atoms with E-state index >= 15 is 0 Å². The first-order chi connectivity index (χ1) is 10.0. The highest BCUT2D eigenvalue weighted by atomic mass is 79.9. The van der Waals surface area contributed by atoms with Crippen LogP contribution in [0.1, 0.15) is 20.7 Å². The van der Waals surface area contributed by atoms with E-state index in [0.717, 1.165) is 14.3 Å². The highest BCUT2D eigenvalue weighted by Gasteiger charge is 2.17. The first kappa shape index (κ1) is 15.6. The summed E-state index contributed by atoms with van der Waals surface area (Å²) in [5.41, 5.74) is -0.0193. The number of benzene rings is 2. The number of rotatable bonds is 4. The monoisotopic (exact) mass is 366 g/mol. The number of aromatic carboxylic acids is 1. The number of esters is 1. The summed E-state index contributed by atoms with van der Waals surface area (Å²) in [5.74, 6) is -1.82. The third-order valence-corrected chi connectivity index (χ3v) is 4.20. The molecule has 0 atom stereocenters. The molecule has 0 aliphatic rings. The Kier molecular flexibility index (Phi) is 5.03. The first-order valence-electron chi connectivity index (χ1n) is 5.90. The highest BCUT2D eigenvalue weighted by molar-refractivity contribution is 9.10. The summed E-state index contributed by atoms with van der Waals surface area (Å²) in [4.78, 5) is 24.5. The molecule has 0 heterocycles. The zero-order valence-electron chi connectivity index (χ0n) is 11.0. The fourth-order valence-electron chi connectivity index (χ4n) is 1.69. The van der Waals surface area contributed by atoms with E-state index < -0.39 is 11.9 Å². The van der Waals surface area contributed by atoms with Gasteiger partial charge >= 0.3 is 11.9 Å². The summed E-state index contributed by atoms with van der Waals surface area (Å²) in [7, 11) is 1.22. The van der Waals surface area contributed by atoms with Gasteiger partial charge in [-0.3, -0.25) is 0 Å². The van der Waals surface area contributed by atoms with Crippen LogP contribution < -0.4 is 0 Å². The van der Waals surface area contributed by atoms with E-state index in [1.165, 1.54) is 31.0 Å². The molecule has 6 heteroatoms. The molecule has 0 radical (unpaired) electrons. The van der Waals surface area contributed by atoms with Gasteiger partial charge in [-0.25, -0.2) is 9.59 Å². The number of carbonyl (C=O) groups is 2. The van der Waals surface area contributed by atoms with Crippen molar-refractivity contribution in [2.24, 2.45) is 0 Å². The molecule has 1 N–H and O–H groups in total. The minimum atomic E-state index is -1.16. The van der Waals surface area contributed by atoms with Crippen LogP contribution in [0.25, 0.3) is 0 Å². The molecule has 0 aliphatic carbocycles. The molecule has 4 nitrogen and oxygen atoms in total. The maximum atomic E-state index is 11.5. The lowest BCUT2D eigenvalue weighted by Gasteiger charge is -2.07. The number of ether oxygens (including phenoxy) is 1. The minimum Gasteiger partial charge on any atom is -0.478 e. The molecule has 0 aliphatic heterocycles. The maximum Gasteiger partial charge on any atom is 0.338 e. The second-order valence-electron chi connectivity index (χ2n) is 4.06. The van der Waals surface area contributed by atoms with Crippen molar-refractivity contribution < 1.29 is 19.4 Å². The maximum absolute atomic E-state index is 11.5. The summed E-state index contributed by atoms with van der Waals surface area (Å²) in [5, 5.41) is 9.21. The molecule has 21 heavy (non-hydrogen) atoms. The van der Waals surface area contributed by atoms with Crippen molar-refractivity contribution in [2.75, 3.05) is 7.11 Å². The van der Waals surface area contributed by atoms with E-state index in [9.17, 15) is 14.7 Å². The second-order valence-corrected chi connectivity index (χ2v) is 6.12. The van der Waals surface area contributed by atoms with Gasteiger partial charge in [0.1, 0.15) is 0 Å². The molecule has 0 bridgehead atoms. The molecule has 0 saturated heterocycles. The Bertz CT molecular complexity index is 683. The molecule has 0 saturated carbocycles. The van der Waals surface area contributed by atoms with Gasteiger partial charge in [0.05, 0.1) is 18.2 Å². The Labute approximate surface area is 134 Å². The van der Waals surface area contributed by atoms with E-state index in [2.05, 4.69) is 20.7 Å². The molecular formula is C15H11BrO4S. The Morgan fingerprint density at radius 1 is 1.05 bits per heavy atom. The Morgan fingerprint density at radius 2 is 1.67 bits per heavy atom. The normalized spacial score (nSPS) is 10.2. The molecular weight excluding hydrogens is 356 g/mol. The van der Waals surface area contributed by atoms with Crippen LogP contribution in [0.15, 0.2) is 56.7 Å². The molecule has 0 spiro atoms. The smallest absolute Gasteiger partial charge is 0.338 e. The fourth-order valence-corrected chi connectivity index (χ4v) is 2.81. The van der Waals surface area contributed by atoms with Crippen LogP contribution in [-0.2, 0) is 4.74 Å². The third-order valence-electron chi connectivity index (χ3n) is 2.68. The van der Waals surface area contributed by atoms with Crippen molar-refractivity contribution in [1.82, 2.24) is 0 Å².